The van der Waals surface area contributed by atoms with E-state index in [2.05, 4.69) is 56.7 Å². The van der Waals surface area contributed by atoms with Crippen molar-refractivity contribution < 1.29 is 14.3 Å². The maximum absolute atomic E-state index is 13.8. The number of rotatable bonds is 7. The average molecular weight is 657 g/mol. The van der Waals surface area contributed by atoms with Gasteiger partial charge < -0.3 is 14.6 Å². The lowest BCUT2D eigenvalue weighted by Crippen LogP contribution is -2.61. The summed E-state index contributed by atoms with van der Waals surface area (Å²) in [6.45, 7) is 9.70. The Balaban J connectivity index is 1.42. The molecule has 5 rings (SSSR count). The number of carbonyl (C=O) groups is 2. The Morgan fingerprint density at radius 3 is 2.62 bits per heavy atom. The first-order valence-corrected chi connectivity index (χ1v) is 15.8. The fourth-order valence-electron chi connectivity index (χ4n) is 6.01. The van der Waals surface area contributed by atoms with E-state index in [1.165, 1.54) is 5.56 Å². The third kappa shape index (κ3) is 6.68. The van der Waals surface area contributed by atoms with Gasteiger partial charge in [0.15, 0.2) is 0 Å². The molecule has 1 saturated heterocycles. The number of aromatic nitrogens is 2. The molecular formula is C32H39BrClN5O3. The van der Waals surface area contributed by atoms with Crippen LogP contribution in [0.2, 0.25) is 5.02 Å². The smallest absolute Gasteiger partial charge is 0.410 e. The zero-order valence-electron chi connectivity index (χ0n) is 24.6. The predicted molar refractivity (Wildman–Crippen MR) is 168 cm³/mol. The maximum atomic E-state index is 13.8. The number of hydrogen-bond acceptors (Lipinski definition) is 5. The van der Waals surface area contributed by atoms with Crippen molar-refractivity contribution >= 4 is 39.5 Å². The number of piperazine rings is 1. The summed E-state index contributed by atoms with van der Waals surface area (Å²) < 4.78 is 8.65. The van der Waals surface area contributed by atoms with Crippen LogP contribution in [-0.2, 0) is 27.9 Å². The molecule has 2 amide bonds. The van der Waals surface area contributed by atoms with Crippen LogP contribution in [0.1, 0.15) is 62.5 Å². The summed E-state index contributed by atoms with van der Waals surface area (Å²) in [5.41, 5.74) is 4.29. The second-order valence-corrected chi connectivity index (χ2v) is 13.4. The van der Waals surface area contributed by atoms with E-state index < -0.39 is 12.1 Å². The summed E-state index contributed by atoms with van der Waals surface area (Å²) in [6, 6.07) is 11.3. The van der Waals surface area contributed by atoms with Gasteiger partial charge in [-0.2, -0.15) is 0 Å². The number of pyridine rings is 1. The highest BCUT2D eigenvalue weighted by atomic mass is 79.9. The number of ether oxygens (including phenoxy) is 1. The largest absolute Gasteiger partial charge is 0.447 e. The third-order valence-corrected chi connectivity index (χ3v) is 8.95. The van der Waals surface area contributed by atoms with E-state index in [0.717, 1.165) is 40.6 Å². The van der Waals surface area contributed by atoms with Gasteiger partial charge in [0.05, 0.1) is 17.8 Å². The SMILES string of the molecule is CC(C)OC(=O)N1CCN([C@H]2c3ccc(Cl)cc3CCc3cc(Br)cnc32)C[C@@H]1C(=O)NCCC(C)(C)n1cccc1. The van der Waals surface area contributed by atoms with Crippen LogP contribution in [0.25, 0.3) is 0 Å². The van der Waals surface area contributed by atoms with Gasteiger partial charge in [0, 0.05) is 59.8 Å². The number of hydrogen-bond donors (Lipinski definition) is 1. The van der Waals surface area contributed by atoms with Crippen molar-refractivity contribution in [2.45, 2.75) is 70.7 Å². The monoisotopic (exact) mass is 655 g/mol. The molecule has 0 radical (unpaired) electrons. The van der Waals surface area contributed by atoms with E-state index in [1.54, 1.807) is 4.90 Å². The van der Waals surface area contributed by atoms with E-state index >= 15 is 0 Å². The quantitative estimate of drug-likeness (QED) is 0.340. The molecule has 1 aliphatic heterocycles. The van der Waals surface area contributed by atoms with Crippen molar-refractivity contribution in [2.75, 3.05) is 26.2 Å². The zero-order valence-corrected chi connectivity index (χ0v) is 27.0. The second kappa shape index (κ2) is 12.8. The molecular weight excluding hydrogens is 618 g/mol. The highest BCUT2D eigenvalue weighted by molar-refractivity contribution is 9.10. The van der Waals surface area contributed by atoms with E-state index in [4.69, 9.17) is 21.3 Å². The van der Waals surface area contributed by atoms with Crippen molar-refractivity contribution in [1.29, 1.82) is 0 Å². The minimum absolute atomic E-state index is 0.166. The molecule has 3 heterocycles. The second-order valence-electron chi connectivity index (χ2n) is 12.0. The number of nitrogens with zero attached hydrogens (tertiary/aromatic N) is 4. The topological polar surface area (TPSA) is 79.7 Å². The number of fused-ring (bicyclic) bond motifs is 2. The van der Waals surface area contributed by atoms with E-state index in [1.807, 2.05) is 56.7 Å². The van der Waals surface area contributed by atoms with Crippen LogP contribution in [0.5, 0.6) is 0 Å². The summed E-state index contributed by atoms with van der Waals surface area (Å²) in [4.78, 5) is 35.8. The molecule has 2 aromatic heterocycles. The molecule has 0 bridgehead atoms. The zero-order chi connectivity index (χ0) is 30.0. The number of nitrogens with one attached hydrogen (secondary N) is 1. The minimum atomic E-state index is -0.711. The molecule has 1 fully saturated rings. The highest BCUT2D eigenvalue weighted by Crippen LogP contribution is 2.38. The fourth-order valence-corrected chi connectivity index (χ4v) is 6.58. The van der Waals surface area contributed by atoms with Gasteiger partial charge in [-0.3, -0.25) is 19.6 Å². The van der Waals surface area contributed by atoms with Crippen molar-refractivity contribution in [3.05, 3.63) is 86.9 Å². The molecule has 2 atom stereocenters. The molecule has 8 nitrogen and oxygen atoms in total. The molecule has 224 valence electrons. The standard InChI is InChI=1S/C32H39BrClN5O3/c1-21(2)42-31(41)39-16-15-37(20-27(39)30(40)35-12-11-32(3,4)38-13-5-6-14-38)29-26-10-9-25(34)18-22(26)7-8-23-17-24(33)19-36-28(23)29/h5-6,9-10,13-14,17-19,21,27,29H,7-8,11-12,15-16,20H2,1-4H3,(H,35,40)/t27-,29+/m1/s1. The number of halogens is 2. The molecule has 3 aromatic rings. The van der Waals surface area contributed by atoms with Gasteiger partial charge >= 0.3 is 6.09 Å². The number of amides is 2. The predicted octanol–water partition coefficient (Wildman–Crippen LogP) is 5.96. The first kappa shape index (κ1) is 30.6. The van der Waals surface area contributed by atoms with E-state index in [0.29, 0.717) is 31.2 Å². The summed E-state index contributed by atoms with van der Waals surface area (Å²) in [6.07, 6.45) is 7.58. The number of aryl methyl sites for hydroxylation is 2. The van der Waals surface area contributed by atoms with Crippen LogP contribution in [0.15, 0.2) is 59.5 Å². The lowest BCUT2D eigenvalue weighted by Gasteiger charge is -2.43. The van der Waals surface area contributed by atoms with E-state index in [9.17, 15) is 9.59 Å². The Bertz CT molecular complexity index is 1370. The van der Waals surface area contributed by atoms with Crippen LogP contribution in [0.4, 0.5) is 4.79 Å². The first-order chi connectivity index (χ1) is 20.0. The van der Waals surface area contributed by atoms with Gasteiger partial charge in [-0.1, -0.05) is 17.7 Å². The lowest BCUT2D eigenvalue weighted by molar-refractivity contribution is -0.128. The Kier molecular flexibility index (Phi) is 9.30. The third-order valence-electron chi connectivity index (χ3n) is 8.28. The van der Waals surface area contributed by atoms with Gasteiger partial charge in [-0.25, -0.2) is 4.79 Å². The van der Waals surface area contributed by atoms with Gasteiger partial charge in [-0.05, 0) is 110 Å². The normalized spacial score (nSPS) is 19.2. The minimum Gasteiger partial charge on any atom is -0.447 e. The average Bonchev–Trinajstić information content (AvgIpc) is 3.45. The Hall–Kier alpha value is -2.88. The van der Waals surface area contributed by atoms with Gasteiger partial charge in [0.25, 0.3) is 0 Å². The summed E-state index contributed by atoms with van der Waals surface area (Å²) >= 11 is 10.0. The van der Waals surface area contributed by atoms with Crippen molar-refractivity contribution in [2.24, 2.45) is 0 Å². The van der Waals surface area contributed by atoms with Crippen LogP contribution < -0.4 is 5.32 Å². The Labute approximate surface area is 261 Å². The molecule has 10 heteroatoms. The van der Waals surface area contributed by atoms with Gasteiger partial charge in [-0.15, -0.1) is 0 Å². The van der Waals surface area contributed by atoms with Crippen molar-refractivity contribution in [1.82, 2.24) is 24.7 Å². The Morgan fingerprint density at radius 1 is 1.14 bits per heavy atom. The maximum Gasteiger partial charge on any atom is 0.410 e. The van der Waals surface area contributed by atoms with Crippen LogP contribution in [-0.4, -0.2) is 69.7 Å². The molecule has 0 saturated carbocycles. The summed E-state index contributed by atoms with van der Waals surface area (Å²) in [5, 5.41) is 3.83. The first-order valence-electron chi connectivity index (χ1n) is 14.6. The molecule has 2 aliphatic rings. The fraction of sp³-hybridized carbons (Fsp3) is 0.469. The van der Waals surface area contributed by atoms with Crippen LogP contribution in [0.3, 0.4) is 0 Å². The highest BCUT2D eigenvalue weighted by Gasteiger charge is 2.41. The van der Waals surface area contributed by atoms with Crippen molar-refractivity contribution in [3.63, 3.8) is 0 Å². The van der Waals surface area contributed by atoms with Crippen molar-refractivity contribution in [3.8, 4) is 0 Å². The number of benzene rings is 1. The lowest BCUT2D eigenvalue weighted by atomic mass is 9.95. The molecule has 1 aliphatic carbocycles. The summed E-state index contributed by atoms with van der Waals surface area (Å²) in [7, 11) is 0. The van der Waals surface area contributed by atoms with Gasteiger partial charge in [0.2, 0.25) is 5.91 Å². The van der Waals surface area contributed by atoms with Crippen LogP contribution in [0, 0.1) is 0 Å². The number of carbonyl (C=O) groups excluding carboxylic acids is 2. The van der Waals surface area contributed by atoms with Gasteiger partial charge in [0.1, 0.15) is 6.04 Å². The molecule has 42 heavy (non-hydrogen) atoms. The molecule has 0 spiro atoms. The molecule has 1 aromatic carbocycles. The molecule has 0 unspecified atom stereocenters. The van der Waals surface area contributed by atoms with E-state index in [-0.39, 0.29) is 23.6 Å². The summed E-state index contributed by atoms with van der Waals surface area (Å²) in [5.74, 6) is -0.183. The molecule has 1 N–H and O–H groups in total. The Morgan fingerprint density at radius 2 is 1.88 bits per heavy atom. The van der Waals surface area contributed by atoms with Crippen LogP contribution >= 0.6 is 27.5 Å².